The molecular formula is C11H26O3. The van der Waals surface area contributed by atoms with E-state index in [0.29, 0.717) is 0 Å². The van der Waals surface area contributed by atoms with Crippen LogP contribution in [0, 0.1) is 10.8 Å². The van der Waals surface area contributed by atoms with Gasteiger partial charge in [-0.15, -0.1) is 0 Å². The Morgan fingerprint density at radius 3 is 1.21 bits per heavy atom. The Morgan fingerprint density at radius 1 is 1.07 bits per heavy atom. The normalized spacial score (nSPS) is 10.8. The predicted octanol–water partition coefficient (Wildman–Crippen LogP) is 2.78. The fourth-order valence-electron chi connectivity index (χ4n) is 0. The monoisotopic (exact) mass is 206 g/mol. The third-order valence-corrected chi connectivity index (χ3v) is 1.12. The van der Waals surface area contributed by atoms with E-state index in [4.69, 9.17) is 10.2 Å². The number of hydrogen-bond donors (Lipinski definition) is 2. The van der Waals surface area contributed by atoms with Gasteiger partial charge < -0.3 is 10.2 Å². The Kier molecular flexibility index (Phi) is 9.29. The van der Waals surface area contributed by atoms with E-state index in [-0.39, 0.29) is 19.4 Å². The van der Waals surface area contributed by atoms with Gasteiger partial charge in [0.15, 0.2) is 0 Å². The summed E-state index contributed by atoms with van der Waals surface area (Å²) in [6, 6.07) is 0. The highest BCUT2D eigenvalue weighted by Gasteiger charge is 2.18. The molecule has 88 valence electrons. The number of hydrogen-bond acceptors (Lipinski definition) is 2. The van der Waals surface area contributed by atoms with E-state index in [1.54, 1.807) is 20.8 Å². The van der Waals surface area contributed by atoms with Crippen molar-refractivity contribution in [3.05, 3.63) is 0 Å². The fourth-order valence-corrected chi connectivity index (χ4v) is 0. The van der Waals surface area contributed by atoms with Gasteiger partial charge >= 0.3 is 5.97 Å². The first kappa shape index (κ1) is 19.1. The molecule has 0 aromatic heterocycles. The predicted molar refractivity (Wildman–Crippen MR) is 60.4 cm³/mol. The number of carboxylic acids is 1. The van der Waals surface area contributed by atoms with E-state index < -0.39 is 11.4 Å². The van der Waals surface area contributed by atoms with Crippen LogP contribution in [-0.4, -0.2) is 22.8 Å². The van der Waals surface area contributed by atoms with Crippen LogP contribution in [0.25, 0.3) is 0 Å². The van der Waals surface area contributed by atoms with Crippen LogP contribution in [0.2, 0.25) is 0 Å². The number of carboxylic acid groups (broad SMARTS) is 1. The molecule has 0 aromatic carbocycles. The van der Waals surface area contributed by atoms with Crippen molar-refractivity contribution < 1.29 is 15.0 Å². The van der Waals surface area contributed by atoms with Crippen LogP contribution in [0.4, 0.5) is 0 Å². The van der Waals surface area contributed by atoms with Gasteiger partial charge in [-0.05, 0) is 26.2 Å². The molecule has 0 spiro atoms. The molecule has 0 unspecified atom stereocenters. The van der Waals surface area contributed by atoms with Crippen LogP contribution >= 0.6 is 0 Å². The summed E-state index contributed by atoms with van der Waals surface area (Å²) in [5.74, 6) is -0.757. The second-order valence-corrected chi connectivity index (χ2v) is 5.27. The van der Waals surface area contributed by atoms with E-state index in [9.17, 15) is 4.79 Å². The largest absolute Gasteiger partial charge is 0.481 e. The zero-order chi connectivity index (χ0) is 11.3. The van der Waals surface area contributed by atoms with Crippen molar-refractivity contribution in [1.29, 1.82) is 0 Å². The average molecular weight is 206 g/mol. The van der Waals surface area contributed by atoms with Crippen LogP contribution in [0.15, 0.2) is 0 Å². The Bertz CT molecular complexity index is 149. The molecule has 0 aliphatic heterocycles. The Morgan fingerprint density at radius 2 is 1.21 bits per heavy atom. The van der Waals surface area contributed by atoms with Crippen LogP contribution in [0.5, 0.6) is 0 Å². The highest BCUT2D eigenvalue weighted by atomic mass is 16.4. The van der Waals surface area contributed by atoms with Gasteiger partial charge in [0.25, 0.3) is 0 Å². The second kappa shape index (κ2) is 6.82. The molecule has 0 saturated heterocycles. The van der Waals surface area contributed by atoms with Gasteiger partial charge in [0.2, 0.25) is 0 Å². The third-order valence-electron chi connectivity index (χ3n) is 1.12. The molecule has 0 fully saturated rings. The maximum atomic E-state index is 10.0. The summed E-state index contributed by atoms with van der Waals surface area (Å²) >= 11 is 0. The first-order valence-electron chi connectivity index (χ1n) is 4.35. The molecule has 3 heteroatoms. The Labute approximate surface area is 88.2 Å². The molecule has 0 heterocycles. The summed E-state index contributed by atoms with van der Waals surface area (Å²) in [7, 11) is 0. The van der Waals surface area contributed by atoms with Crippen LogP contribution in [0.3, 0.4) is 0 Å². The molecule has 0 bridgehead atoms. The summed E-state index contributed by atoms with van der Waals surface area (Å²) in [6.07, 6.45) is 0. The standard InChI is InChI=1S/C5H10O2.C5H12O.CH4/c1-5(2,3)4(6)7;1-5(2,3)4-6;/h1-3H3,(H,6,7);6H,4H2,1-3H3;1H4. The molecule has 0 aliphatic carbocycles. The zero-order valence-electron chi connectivity index (χ0n) is 9.51. The molecule has 0 aromatic rings. The average Bonchev–Trinajstić information content (AvgIpc) is 1.85. The van der Waals surface area contributed by atoms with Gasteiger partial charge in [-0.1, -0.05) is 28.2 Å². The van der Waals surface area contributed by atoms with Gasteiger partial charge in [-0.2, -0.15) is 0 Å². The smallest absolute Gasteiger partial charge is 0.308 e. The van der Waals surface area contributed by atoms with Crippen molar-refractivity contribution in [3.8, 4) is 0 Å². The van der Waals surface area contributed by atoms with Crippen LogP contribution in [-0.2, 0) is 4.79 Å². The molecule has 0 radical (unpaired) electrons. The van der Waals surface area contributed by atoms with Crippen molar-refractivity contribution in [1.82, 2.24) is 0 Å². The van der Waals surface area contributed by atoms with Crippen molar-refractivity contribution in [3.63, 3.8) is 0 Å². The van der Waals surface area contributed by atoms with Crippen molar-refractivity contribution in [2.24, 2.45) is 10.8 Å². The van der Waals surface area contributed by atoms with E-state index in [1.165, 1.54) is 0 Å². The number of rotatable bonds is 0. The maximum Gasteiger partial charge on any atom is 0.308 e. The topological polar surface area (TPSA) is 57.5 Å². The van der Waals surface area contributed by atoms with E-state index >= 15 is 0 Å². The zero-order valence-corrected chi connectivity index (χ0v) is 9.51. The first-order valence-corrected chi connectivity index (χ1v) is 4.35. The highest BCUT2D eigenvalue weighted by molar-refractivity contribution is 5.72. The SMILES string of the molecule is C.CC(C)(C)C(=O)O.CC(C)(C)CO. The molecule has 0 atom stereocenters. The Hall–Kier alpha value is -0.570. The summed E-state index contributed by atoms with van der Waals surface area (Å²) in [4.78, 5) is 10.0. The van der Waals surface area contributed by atoms with Gasteiger partial charge in [0.05, 0.1) is 5.41 Å². The molecular weight excluding hydrogens is 180 g/mol. The van der Waals surface area contributed by atoms with Gasteiger partial charge in [0, 0.05) is 6.61 Å². The molecule has 0 aliphatic rings. The van der Waals surface area contributed by atoms with Crippen molar-refractivity contribution >= 4 is 5.97 Å². The first-order chi connectivity index (χ1) is 5.50. The van der Waals surface area contributed by atoms with Gasteiger partial charge in [-0.25, -0.2) is 0 Å². The van der Waals surface area contributed by atoms with Gasteiger partial charge in [0.1, 0.15) is 0 Å². The molecule has 2 N–H and O–H groups in total. The number of carbonyl (C=O) groups is 1. The number of aliphatic carboxylic acids is 1. The minimum absolute atomic E-state index is 0. The molecule has 3 nitrogen and oxygen atoms in total. The van der Waals surface area contributed by atoms with Gasteiger partial charge in [-0.3, -0.25) is 4.79 Å². The minimum Gasteiger partial charge on any atom is -0.481 e. The number of aliphatic hydroxyl groups excluding tert-OH is 1. The lowest BCUT2D eigenvalue weighted by molar-refractivity contribution is -0.145. The summed E-state index contributed by atoms with van der Waals surface area (Å²) in [6.45, 7) is 11.2. The minimum atomic E-state index is -0.757. The highest BCUT2D eigenvalue weighted by Crippen LogP contribution is 2.11. The fraction of sp³-hybridized carbons (Fsp3) is 0.909. The molecule has 0 rings (SSSR count). The van der Waals surface area contributed by atoms with Crippen molar-refractivity contribution in [2.75, 3.05) is 6.61 Å². The van der Waals surface area contributed by atoms with Crippen LogP contribution < -0.4 is 0 Å². The Balaban J connectivity index is -0.000000163. The molecule has 0 saturated carbocycles. The lowest BCUT2D eigenvalue weighted by Crippen LogP contribution is -2.18. The van der Waals surface area contributed by atoms with E-state index in [1.807, 2.05) is 20.8 Å². The maximum absolute atomic E-state index is 10.0. The summed E-state index contributed by atoms with van der Waals surface area (Å²) in [5, 5.41) is 16.7. The quantitative estimate of drug-likeness (QED) is 0.640. The number of aliphatic hydroxyl groups is 1. The lowest BCUT2D eigenvalue weighted by atomic mass is 9.98. The summed E-state index contributed by atoms with van der Waals surface area (Å²) in [5.41, 5.74) is -0.486. The second-order valence-electron chi connectivity index (χ2n) is 5.27. The van der Waals surface area contributed by atoms with Crippen LogP contribution in [0.1, 0.15) is 49.0 Å². The summed E-state index contributed by atoms with van der Waals surface area (Å²) < 4.78 is 0. The molecule has 14 heavy (non-hydrogen) atoms. The molecule has 0 amide bonds. The van der Waals surface area contributed by atoms with E-state index in [0.717, 1.165) is 0 Å². The lowest BCUT2D eigenvalue weighted by Gasteiger charge is -2.11. The third kappa shape index (κ3) is 17.5. The van der Waals surface area contributed by atoms with Crippen molar-refractivity contribution in [2.45, 2.75) is 49.0 Å². The van der Waals surface area contributed by atoms with E-state index in [2.05, 4.69) is 0 Å².